The van der Waals surface area contributed by atoms with Crippen LogP contribution in [-0.4, -0.2) is 123 Å². The summed E-state index contributed by atoms with van der Waals surface area (Å²) in [6.07, 6.45) is 0. The minimum Gasteiger partial charge on any atom is -0.508 e. The molecular weight excluding hydrogens is 554 g/mol. The van der Waals surface area contributed by atoms with Crippen LogP contribution >= 0.6 is 0 Å². The van der Waals surface area contributed by atoms with Crippen LogP contribution in [0.3, 0.4) is 0 Å². The second kappa shape index (κ2) is 10.2. The molecule has 2 fully saturated rings. The summed E-state index contributed by atoms with van der Waals surface area (Å²) in [5, 5.41) is 78.5. The van der Waals surface area contributed by atoms with Crippen LogP contribution in [0.4, 0.5) is 5.69 Å². The fraction of sp³-hybridized carbons (Fsp3) is 0.400. The van der Waals surface area contributed by atoms with Gasteiger partial charge in [0.25, 0.3) is 29.2 Å². The maximum atomic E-state index is 13.3. The molecule has 2 aromatic carbocycles. The Labute approximate surface area is 240 Å². The van der Waals surface area contributed by atoms with E-state index in [9.17, 15) is 50.1 Å². The van der Waals surface area contributed by atoms with E-state index in [1.54, 1.807) is 21.8 Å². The number of aliphatic hydroxyl groups is 5. The van der Waals surface area contributed by atoms with Gasteiger partial charge >= 0.3 is 5.79 Å². The number of phenolic OH excluding ortho intramolecular Hbond substituents is 2. The first-order valence-corrected chi connectivity index (χ1v) is 13.1. The highest BCUT2D eigenvalue weighted by molar-refractivity contribution is 6.40. The summed E-state index contributed by atoms with van der Waals surface area (Å²) in [5.41, 5.74) is -1.33. The van der Waals surface area contributed by atoms with Crippen LogP contribution in [-0.2, 0) is 34.0 Å². The molecule has 222 valence electrons. The van der Waals surface area contributed by atoms with Crippen molar-refractivity contribution >= 4 is 50.0 Å². The number of fused-ring (bicyclic) bond motifs is 1. The highest BCUT2D eigenvalue weighted by Crippen LogP contribution is 2.42. The van der Waals surface area contributed by atoms with Crippen LogP contribution in [0, 0.1) is 0 Å². The molecular formula is C25H30B2N4O11. The minimum atomic E-state index is -4.20. The van der Waals surface area contributed by atoms with Gasteiger partial charge in [-0.1, -0.05) is 6.07 Å². The van der Waals surface area contributed by atoms with Gasteiger partial charge in [0.05, 0.1) is 19.8 Å². The summed E-state index contributed by atoms with van der Waals surface area (Å²) in [4.78, 5) is 40.1. The van der Waals surface area contributed by atoms with Crippen LogP contribution in [0.15, 0.2) is 18.2 Å². The predicted molar refractivity (Wildman–Crippen MR) is 148 cm³/mol. The van der Waals surface area contributed by atoms with Gasteiger partial charge in [0.15, 0.2) is 0 Å². The summed E-state index contributed by atoms with van der Waals surface area (Å²) in [7, 11) is 3.36. The van der Waals surface area contributed by atoms with E-state index < -0.39 is 41.6 Å². The van der Waals surface area contributed by atoms with Gasteiger partial charge in [-0.25, -0.2) is 0 Å². The molecule has 1 atom stereocenters. The van der Waals surface area contributed by atoms with Gasteiger partial charge in [0.2, 0.25) is 0 Å². The molecule has 0 aromatic heterocycles. The van der Waals surface area contributed by atoms with Crippen molar-refractivity contribution in [2.24, 2.45) is 0 Å². The van der Waals surface area contributed by atoms with Crippen molar-refractivity contribution in [3.63, 3.8) is 0 Å². The van der Waals surface area contributed by atoms with E-state index in [0.29, 0.717) is 65.5 Å². The standard InChI is InChI=1S/C25H30B2N4O11/c26-16-12(18(32)17(27)14(19(16)33)9-30-4-6-42-7-5-30)8-28-15-3-1-2-11-13(15)10-31(20(11)34)23(37)21(35)29-22(36)24(38,39)25(23,40)41/h1-3,28,32-33,37-41H,4-10,26-27H2,(H,29,35,36). The van der Waals surface area contributed by atoms with Crippen molar-refractivity contribution in [1.82, 2.24) is 15.1 Å². The smallest absolute Gasteiger partial charge is 0.306 e. The first-order valence-electron chi connectivity index (χ1n) is 13.1. The largest absolute Gasteiger partial charge is 0.508 e. The number of hydrogen-bond donors (Lipinski definition) is 9. The number of hydrogen-bond acceptors (Lipinski definition) is 13. The Hall–Kier alpha value is -3.70. The molecule has 0 aliphatic carbocycles. The van der Waals surface area contributed by atoms with Gasteiger partial charge in [0, 0.05) is 54.1 Å². The highest BCUT2D eigenvalue weighted by Gasteiger charge is 2.76. The van der Waals surface area contributed by atoms with Crippen molar-refractivity contribution in [2.75, 3.05) is 31.6 Å². The van der Waals surface area contributed by atoms with Gasteiger partial charge in [-0.3, -0.25) is 29.5 Å². The molecule has 0 bridgehead atoms. The van der Waals surface area contributed by atoms with Crippen LogP contribution in [0.1, 0.15) is 27.0 Å². The number of amides is 3. The maximum absolute atomic E-state index is 13.3. The molecule has 3 aliphatic rings. The van der Waals surface area contributed by atoms with E-state index in [1.165, 1.54) is 17.4 Å². The van der Waals surface area contributed by atoms with Crippen molar-refractivity contribution in [2.45, 2.75) is 36.9 Å². The van der Waals surface area contributed by atoms with Crippen LogP contribution in [0.25, 0.3) is 0 Å². The van der Waals surface area contributed by atoms with Gasteiger partial charge in [-0.15, -0.1) is 0 Å². The molecule has 3 aliphatic heterocycles. The fourth-order valence-electron chi connectivity index (χ4n) is 5.58. The number of carbonyl (C=O) groups excluding carboxylic acids is 3. The molecule has 2 aromatic rings. The second-order valence-corrected chi connectivity index (χ2v) is 10.7. The van der Waals surface area contributed by atoms with Crippen molar-refractivity contribution < 1.29 is 54.9 Å². The molecule has 3 heterocycles. The Morgan fingerprint density at radius 3 is 2.21 bits per heavy atom. The summed E-state index contributed by atoms with van der Waals surface area (Å²) in [6.45, 7) is 2.33. The van der Waals surface area contributed by atoms with Gasteiger partial charge in [0.1, 0.15) is 27.2 Å². The highest BCUT2D eigenvalue weighted by atomic mass is 16.6. The number of morpholine rings is 1. The van der Waals surface area contributed by atoms with Crippen molar-refractivity contribution in [3.05, 3.63) is 40.5 Å². The van der Waals surface area contributed by atoms with Crippen LogP contribution < -0.4 is 21.6 Å². The lowest BCUT2D eigenvalue weighted by Crippen LogP contribution is -2.85. The van der Waals surface area contributed by atoms with Crippen molar-refractivity contribution in [3.8, 4) is 11.5 Å². The Kier molecular flexibility index (Phi) is 7.26. The lowest BCUT2D eigenvalue weighted by Gasteiger charge is -2.50. The molecule has 3 amide bonds. The molecule has 9 N–H and O–H groups in total. The Morgan fingerprint density at radius 2 is 1.55 bits per heavy atom. The number of nitrogens with one attached hydrogen (secondary N) is 2. The number of nitrogens with zero attached hydrogens (tertiary/aromatic N) is 2. The van der Waals surface area contributed by atoms with Gasteiger partial charge in [-0.2, -0.15) is 0 Å². The third kappa shape index (κ3) is 4.24. The average Bonchev–Trinajstić information content (AvgIpc) is 3.30. The zero-order valence-electron chi connectivity index (χ0n) is 22.8. The number of piperidine rings is 1. The van der Waals surface area contributed by atoms with Gasteiger partial charge < -0.3 is 45.8 Å². The van der Waals surface area contributed by atoms with Crippen molar-refractivity contribution in [1.29, 1.82) is 0 Å². The van der Waals surface area contributed by atoms with E-state index >= 15 is 0 Å². The molecule has 15 nitrogen and oxygen atoms in total. The Morgan fingerprint density at radius 1 is 0.929 bits per heavy atom. The number of aromatic hydroxyl groups is 2. The SMILES string of the molecule is Bc1c(O)c(CN2CCOCC2)c(B)c(O)c1CNc1cccc2c1CN(C1(O)C(=O)NC(=O)C(O)(O)C1(O)O)C2=O. The number of phenols is 2. The first-order chi connectivity index (χ1) is 19.6. The predicted octanol–water partition coefficient (Wildman–Crippen LogP) is -6.28. The maximum Gasteiger partial charge on any atom is 0.306 e. The molecule has 1 unspecified atom stereocenters. The Balaban J connectivity index is 1.42. The lowest BCUT2D eigenvalue weighted by atomic mass is 9.78. The minimum absolute atomic E-state index is 0.0197. The Bertz CT molecular complexity index is 1470. The number of imide groups is 1. The molecule has 0 radical (unpaired) electrons. The molecule has 0 saturated carbocycles. The molecule has 42 heavy (non-hydrogen) atoms. The first kappa shape index (κ1) is 29.8. The lowest BCUT2D eigenvalue weighted by molar-refractivity contribution is -0.407. The third-order valence-electron chi connectivity index (χ3n) is 8.32. The zero-order valence-corrected chi connectivity index (χ0v) is 22.8. The normalized spacial score (nSPS) is 23.5. The monoisotopic (exact) mass is 584 g/mol. The average molecular weight is 584 g/mol. The molecule has 17 heteroatoms. The third-order valence-corrected chi connectivity index (χ3v) is 8.32. The summed E-state index contributed by atoms with van der Waals surface area (Å²) >= 11 is 0. The van der Waals surface area contributed by atoms with Crippen LogP contribution in [0.5, 0.6) is 11.5 Å². The molecule has 5 rings (SSSR count). The van der Waals surface area contributed by atoms with E-state index in [1.807, 2.05) is 0 Å². The number of anilines is 1. The topological polar surface area (TPSA) is 233 Å². The summed E-state index contributed by atoms with van der Waals surface area (Å²) < 4.78 is 5.37. The fourth-order valence-corrected chi connectivity index (χ4v) is 5.58. The number of rotatable bonds is 6. The molecule has 2 saturated heterocycles. The van der Waals surface area contributed by atoms with Gasteiger partial charge in [-0.05, 0) is 23.1 Å². The van der Waals surface area contributed by atoms with E-state index in [2.05, 4.69) is 10.2 Å². The zero-order chi connectivity index (χ0) is 30.8. The number of carbonyl (C=O) groups is 3. The summed E-state index contributed by atoms with van der Waals surface area (Å²) in [6, 6.07) is 4.38. The van der Waals surface area contributed by atoms with Crippen LogP contribution in [0.2, 0.25) is 0 Å². The quantitative estimate of drug-likeness (QED) is 0.0667. The van der Waals surface area contributed by atoms with E-state index in [-0.39, 0.29) is 29.2 Å². The second-order valence-electron chi connectivity index (χ2n) is 10.7. The summed E-state index contributed by atoms with van der Waals surface area (Å²) in [5.74, 6) is -13.0. The van der Waals surface area contributed by atoms with E-state index in [4.69, 9.17) is 4.74 Å². The molecule has 0 spiro atoms. The number of benzene rings is 2. The van der Waals surface area contributed by atoms with E-state index in [0.717, 1.165) is 0 Å². The number of ether oxygens (including phenoxy) is 1.